The topological polar surface area (TPSA) is 121 Å². The number of anilines is 2. The van der Waals surface area contributed by atoms with Gasteiger partial charge < -0.3 is 25.2 Å². The van der Waals surface area contributed by atoms with Crippen molar-refractivity contribution in [3.8, 4) is 23.3 Å². The average Bonchev–Trinajstić information content (AvgIpc) is 2.85. The van der Waals surface area contributed by atoms with Gasteiger partial charge in [0.1, 0.15) is 23.2 Å². The smallest absolute Gasteiger partial charge is 0.266 e. The highest BCUT2D eigenvalue weighted by Gasteiger charge is 2.13. The van der Waals surface area contributed by atoms with E-state index in [0.29, 0.717) is 35.0 Å². The molecule has 0 saturated heterocycles. The van der Waals surface area contributed by atoms with Crippen LogP contribution in [-0.4, -0.2) is 30.1 Å². The summed E-state index contributed by atoms with van der Waals surface area (Å²) in [6, 6.07) is 17.8. The number of hydrogen-bond donors (Lipinski definition) is 3. The normalized spacial score (nSPS) is 10.7. The number of halogens is 1. The minimum absolute atomic E-state index is 0.0535. The number of ether oxygens (including phenoxy) is 2. The second-order valence-corrected chi connectivity index (χ2v) is 7.15. The summed E-state index contributed by atoms with van der Waals surface area (Å²) >= 11 is 0. The van der Waals surface area contributed by atoms with Crippen LogP contribution >= 0.6 is 0 Å². The molecule has 9 heteroatoms. The van der Waals surface area contributed by atoms with E-state index in [1.807, 2.05) is 6.07 Å². The van der Waals surface area contributed by atoms with Crippen LogP contribution in [0.25, 0.3) is 6.08 Å². The van der Waals surface area contributed by atoms with Gasteiger partial charge in [0, 0.05) is 11.4 Å². The molecule has 0 fully saturated rings. The van der Waals surface area contributed by atoms with Crippen LogP contribution in [0.4, 0.5) is 15.8 Å². The Morgan fingerprint density at radius 1 is 0.971 bits per heavy atom. The second-order valence-electron chi connectivity index (χ2n) is 7.15. The van der Waals surface area contributed by atoms with E-state index >= 15 is 0 Å². The lowest BCUT2D eigenvalue weighted by Crippen LogP contribution is -2.20. The van der Waals surface area contributed by atoms with Gasteiger partial charge in [-0.15, -0.1) is 0 Å². The summed E-state index contributed by atoms with van der Waals surface area (Å²) in [7, 11) is 0. The van der Waals surface area contributed by atoms with E-state index in [1.54, 1.807) is 25.1 Å². The van der Waals surface area contributed by atoms with Crippen LogP contribution in [0.3, 0.4) is 0 Å². The van der Waals surface area contributed by atoms with Gasteiger partial charge in [-0.1, -0.05) is 6.07 Å². The molecule has 2 amide bonds. The lowest BCUT2D eigenvalue weighted by atomic mass is 10.1. The van der Waals surface area contributed by atoms with Gasteiger partial charge >= 0.3 is 0 Å². The molecule has 178 valence electrons. The molecule has 3 rings (SSSR count). The highest BCUT2D eigenvalue weighted by atomic mass is 19.1. The lowest BCUT2D eigenvalue weighted by Gasteiger charge is -2.13. The number of carbonyl (C=O) groups is 2. The maximum absolute atomic E-state index is 13.0. The Morgan fingerprint density at radius 2 is 1.63 bits per heavy atom. The van der Waals surface area contributed by atoms with Gasteiger partial charge in [-0.05, 0) is 79.2 Å². The van der Waals surface area contributed by atoms with Crippen molar-refractivity contribution >= 4 is 29.3 Å². The Kier molecular flexibility index (Phi) is 8.40. The molecule has 0 heterocycles. The number of hydrogen-bond acceptors (Lipinski definition) is 6. The summed E-state index contributed by atoms with van der Waals surface area (Å²) in [5.41, 5.74) is 1.22. The molecule has 8 nitrogen and oxygen atoms in total. The van der Waals surface area contributed by atoms with Crippen LogP contribution in [-0.2, 0) is 9.59 Å². The van der Waals surface area contributed by atoms with E-state index in [9.17, 15) is 24.3 Å². The van der Waals surface area contributed by atoms with Gasteiger partial charge in [-0.25, -0.2) is 4.39 Å². The van der Waals surface area contributed by atoms with Crippen molar-refractivity contribution in [2.45, 2.75) is 6.92 Å². The van der Waals surface area contributed by atoms with Crippen molar-refractivity contribution in [1.82, 2.24) is 0 Å². The fourth-order valence-corrected chi connectivity index (χ4v) is 2.93. The molecule has 3 aromatic carbocycles. The number of rotatable bonds is 9. The molecule has 0 bridgehead atoms. The Hall–Kier alpha value is -4.84. The van der Waals surface area contributed by atoms with E-state index in [2.05, 4.69) is 10.6 Å². The SMILES string of the molecule is CCOc1cc(/C=C(\C#N)C(=O)Nc2ccc(O)cc2)ccc1OCC(=O)Nc1ccc(F)cc1. The molecule has 0 spiro atoms. The fraction of sp³-hybridized carbons (Fsp3) is 0.115. The van der Waals surface area contributed by atoms with E-state index < -0.39 is 17.6 Å². The Bertz CT molecular complexity index is 1270. The molecule has 0 aliphatic carbocycles. The molecule has 3 aromatic rings. The third-order valence-electron chi connectivity index (χ3n) is 4.56. The first kappa shape index (κ1) is 24.8. The van der Waals surface area contributed by atoms with Crippen LogP contribution in [0.2, 0.25) is 0 Å². The molecule has 0 aliphatic rings. The number of carbonyl (C=O) groups excluding carboxylic acids is 2. The zero-order valence-corrected chi connectivity index (χ0v) is 18.7. The highest BCUT2D eigenvalue weighted by molar-refractivity contribution is 6.09. The number of nitrogens with zero attached hydrogens (tertiary/aromatic N) is 1. The summed E-state index contributed by atoms with van der Waals surface area (Å²) in [6.07, 6.45) is 1.39. The molecule has 0 saturated carbocycles. The van der Waals surface area contributed by atoms with Crippen LogP contribution < -0.4 is 20.1 Å². The zero-order valence-electron chi connectivity index (χ0n) is 18.7. The molecule has 0 aromatic heterocycles. The third kappa shape index (κ3) is 7.33. The lowest BCUT2D eigenvalue weighted by molar-refractivity contribution is -0.118. The van der Waals surface area contributed by atoms with Gasteiger partial charge in [0.15, 0.2) is 18.1 Å². The summed E-state index contributed by atoms with van der Waals surface area (Å²) in [5, 5.41) is 24.0. The maximum Gasteiger partial charge on any atom is 0.266 e. The van der Waals surface area contributed by atoms with Gasteiger partial charge in [-0.3, -0.25) is 9.59 Å². The quantitative estimate of drug-likeness (QED) is 0.238. The Morgan fingerprint density at radius 3 is 2.29 bits per heavy atom. The monoisotopic (exact) mass is 475 g/mol. The molecule has 0 atom stereocenters. The van der Waals surface area contributed by atoms with Gasteiger partial charge in [0.2, 0.25) is 0 Å². The third-order valence-corrected chi connectivity index (χ3v) is 4.56. The van der Waals surface area contributed by atoms with Crippen molar-refractivity contribution in [2.24, 2.45) is 0 Å². The first-order valence-electron chi connectivity index (χ1n) is 10.5. The molecule has 3 N–H and O–H groups in total. The summed E-state index contributed by atoms with van der Waals surface area (Å²) in [5.74, 6) is -0.795. The van der Waals surface area contributed by atoms with E-state index in [0.717, 1.165) is 0 Å². The molecule has 35 heavy (non-hydrogen) atoms. The first-order valence-corrected chi connectivity index (χ1v) is 10.5. The number of nitrogens with one attached hydrogen (secondary N) is 2. The predicted octanol–water partition coefficient (Wildman–Crippen LogP) is 4.49. The second kappa shape index (κ2) is 11.9. The standard InChI is InChI=1S/C26H22FN3O5/c1-2-34-24-14-17(13-18(15-28)26(33)30-21-8-10-22(31)11-9-21)3-12-23(24)35-16-25(32)29-20-6-4-19(27)5-7-20/h3-14,31H,2,16H2,1H3,(H,29,32)(H,30,33)/b18-13+. The Balaban J connectivity index is 1.69. The zero-order chi connectivity index (χ0) is 25.2. The van der Waals surface area contributed by atoms with Gasteiger partial charge in [0.05, 0.1) is 6.61 Å². The largest absolute Gasteiger partial charge is 0.508 e. The van der Waals surface area contributed by atoms with E-state index in [-0.39, 0.29) is 17.9 Å². The van der Waals surface area contributed by atoms with E-state index in [1.165, 1.54) is 54.6 Å². The number of phenols is 1. The van der Waals surface area contributed by atoms with Crippen molar-refractivity contribution in [3.63, 3.8) is 0 Å². The number of amides is 2. The molecule has 0 radical (unpaired) electrons. The van der Waals surface area contributed by atoms with Gasteiger partial charge in [-0.2, -0.15) is 5.26 Å². The van der Waals surface area contributed by atoms with Crippen molar-refractivity contribution < 1.29 is 28.6 Å². The molecule has 0 aliphatic heterocycles. The maximum atomic E-state index is 13.0. The first-order chi connectivity index (χ1) is 16.9. The summed E-state index contributed by atoms with van der Waals surface area (Å²) in [6.45, 7) is 1.78. The highest BCUT2D eigenvalue weighted by Crippen LogP contribution is 2.29. The number of nitriles is 1. The fourth-order valence-electron chi connectivity index (χ4n) is 2.93. The summed E-state index contributed by atoms with van der Waals surface area (Å²) < 4.78 is 24.2. The van der Waals surface area contributed by atoms with Crippen molar-refractivity contribution in [2.75, 3.05) is 23.8 Å². The summed E-state index contributed by atoms with van der Waals surface area (Å²) in [4.78, 5) is 24.6. The number of aromatic hydroxyl groups is 1. The van der Waals surface area contributed by atoms with Crippen LogP contribution in [0.5, 0.6) is 17.2 Å². The average molecular weight is 475 g/mol. The van der Waals surface area contributed by atoms with Crippen molar-refractivity contribution in [1.29, 1.82) is 5.26 Å². The van der Waals surface area contributed by atoms with E-state index in [4.69, 9.17) is 9.47 Å². The molecule has 0 unspecified atom stereocenters. The minimum Gasteiger partial charge on any atom is -0.508 e. The number of benzene rings is 3. The predicted molar refractivity (Wildman–Crippen MR) is 128 cm³/mol. The molecular weight excluding hydrogens is 453 g/mol. The molecular formula is C26H22FN3O5. The number of phenolic OH excluding ortho intramolecular Hbond substituents is 1. The minimum atomic E-state index is -0.617. The van der Waals surface area contributed by atoms with Crippen LogP contribution in [0.15, 0.2) is 72.3 Å². The van der Waals surface area contributed by atoms with Crippen molar-refractivity contribution in [3.05, 3.63) is 83.7 Å². The van der Waals surface area contributed by atoms with Crippen LogP contribution in [0.1, 0.15) is 12.5 Å². The Labute approximate surface area is 201 Å². The van der Waals surface area contributed by atoms with Gasteiger partial charge in [0.25, 0.3) is 11.8 Å². The van der Waals surface area contributed by atoms with Crippen LogP contribution in [0, 0.1) is 17.1 Å².